The first-order valence-corrected chi connectivity index (χ1v) is 10.8. The Morgan fingerprint density at radius 3 is 2.41 bits per heavy atom. The van der Waals surface area contributed by atoms with Crippen molar-refractivity contribution in [2.75, 3.05) is 23.4 Å². The Morgan fingerprint density at radius 2 is 1.79 bits per heavy atom. The van der Waals surface area contributed by atoms with Crippen molar-refractivity contribution in [3.63, 3.8) is 0 Å². The molecule has 0 aliphatic carbocycles. The lowest BCUT2D eigenvalue weighted by Crippen LogP contribution is -2.28. The van der Waals surface area contributed by atoms with Gasteiger partial charge in [0.1, 0.15) is 11.6 Å². The van der Waals surface area contributed by atoms with Gasteiger partial charge in [0.2, 0.25) is 16.0 Å². The van der Waals surface area contributed by atoms with Gasteiger partial charge in [0.05, 0.1) is 25.4 Å². The van der Waals surface area contributed by atoms with Gasteiger partial charge in [0, 0.05) is 0 Å². The van der Waals surface area contributed by atoms with Crippen LogP contribution in [0.5, 0.6) is 5.75 Å². The van der Waals surface area contributed by atoms with Crippen molar-refractivity contribution in [2.24, 2.45) is 0 Å². The van der Waals surface area contributed by atoms with E-state index in [9.17, 15) is 12.8 Å². The third-order valence-electron chi connectivity index (χ3n) is 4.74. The second-order valence-electron chi connectivity index (χ2n) is 6.85. The van der Waals surface area contributed by atoms with E-state index in [4.69, 9.17) is 4.74 Å². The molecule has 8 nitrogen and oxygen atoms in total. The van der Waals surface area contributed by atoms with Gasteiger partial charge in [-0.3, -0.25) is 4.72 Å². The minimum absolute atomic E-state index is 0.0162. The molecule has 0 amide bonds. The van der Waals surface area contributed by atoms with Gasteiger partial charge in [-0.2, -0.15) is 4.98 Å². The van der Waals surface area contributed by atoms with Crippen LogP contribution < -0.4 is 14.8 Å². The van der Waals surface area contributed by atoms with Gasteiger partial charge in [-0.15, -0.1) is 5.10 Å². The molecule has 10 heteroatoms. The lowest BCUT2D eigenvalue weighted by molar-refractivity contribution is 0.413. The fourth-order valence-corrected chi connectivity index (χ4v) is 3.82. The van der Waals surface area contributed by atoms with Crippen molar-refractivity contribution in [1.29, 1.82) is 0 Å². The third-order valence-corrected chi connectivity index (χ3v) is 5.29. The number of nitrogens with zero attached hydrogens (tertiary/aromatic N) is 3. The van der Waals surface area contributed by atoms with Gasteiger partial charge in [0.25, 0.3) is 5.95 Å². The van der Waals surface area contributed by atoms with Crippen LogP contribution in [0.3, 0.4) is 0 Å². The molecule has 1 aliphatic rings. The summed E-state index contributed by atoms with van der Waals surface area (Å²) in [7, 11) is -1.91. The normalized spacial score (nSPS) is 18.6. The number of anilines is 2. The highest BCUT2D eigenvalue weighted by atomic mass is 32.2. The third kappa shape index (κ3) is 4.16. The molecule has 0 spiro atoms. The first-order valence-electron chi connectivity index (χ1n) is 8.92. The van der Waals surface area contributed by atoms with Gasteiger partial charge in [-0.1, -0.05) is 24.3 Å². The zero-order valence-electron chi connectivity index (χ0n) is 15.8. The summed E-state index contributed by atoms with van der Waals surface area (Å²) >= 11 is 0. The second kappa shape index (κ2) is 7.36. The molecule has 2 atom stereocenters. The van der Waals surface area contributed by atoms with Crippen molar-refractivity contribution in [1.82, 2.24) is 14.8 Å². The smallest absolute Gasteiger partial charge is 0.257 e. The largest absolute Gasteiger partial charge is 0.497 e. The number of nitrogens with one attached hydrogen (secondary N) is 2. The molecular weight excluding hydrogens is 397 g/mol. The number of hydrogen-bond acceptors (Lipinski definition) is 6. The number of halogens is 1. The summed E-state index contributed by atoms with van der Waals surface area (Å²) in [6, 6.07) is 13.5. The summed E-state index contributed by atoms with van der Waals surface area (Å²) in [5.41, 5.74) is 1.87. The maximum atomic E-state index is 13.4. The average Bonchev–Trinajstić information content (AvgIpc) is 3.08. The molecule has 0 unspecified atom stereocenters. The Morgan fingerprint density at radius 1 is 1.14 bits per heavy atom. The fourth-order valence-electron chi connectivity index (χ4n) is 3.40. The van der Waals surface area contributed by atoms with Crippen LogP contribution in [0.15, 0.2) is 48.5 Å². The number of ether oxygens (including phenoxy) is 1. The van der Waals surface area contributed by atoms with Gasteiger partial charge < -0.3 is 10.1 Å². The lowest BCUT2D eigenvalue weighted by atomic mass is 9.93. The number of aromatic nitrogens is 3. The van der Waals surface area contributed by atoms with Crippen molar-refractivity contribution >= 4 is 21.9 Å². The number of methoxy groups -OCH3 is 1. The highest BCUT2D eigenvalue weighted by Crippen LogP contribution is 2.38. The monoisotopic (exact) mass is 417 g/mol. The first kappa shape index (κ1) is 19.2. The number of fused-ring (bicyclic) bond motifs is 1. The van der Waals surface area contributed by atoms with Crippen LogP contribution >= 0.6 is 0 Å². The maximum Gasteiger partial charge on any atom is 0.257 e. The van der Waals surface area contributed by atoms with Gasteiger partial charge in [0.15, 0.2) is 0 Å². The molecule has 0 bridgehead atoms. The summed E-state index contributed by atoms with van der Waals surface area (Å²) in [6.45, 7) is 0. The van der Waals surface area contributed by atoms with E-state index in [1.54, 1.807) is 23.9 Å². The van der Waals surface area contributed by atoms with Gasteiger partial charge in [-0.25, -0.2) is 17.5 Å². The van der Waals surface area contributed by atoms with Crippen LogP contribution in [0, 0.1) is 5.82 Å². The van der Waals surface area contributed by atoms with E-state index in [0.29, 0.717) is 12.4 Å². The number of sulfonamides is 1. The minimum Gasteiger partial charge on any atom is -0.497 e. The zero-order chi connectivity index (χ0) is 20.6. The molecule has 1 aromatic heterocycles. The predicted molar refractivity (Wildman–Crippen MR) is 107 cm³/mol. The number of rotatable bonds is 5. The Bertz CT molecular complexity index is 1110. The highest BCUT2D eigenvalue weighted by Gasteiger charge is 2.31. The molecule has 152 valence electrons. The molecular formula is C19H20FN5O3S. The van der Waals surface area contributed by atoms with Crippen LogP contribution in [0.2, 0.25) is 0 Å². The molecule has 2 N–H and O–H groups in total. The minimum atomic E-state index is -3.52. The van der Waals surface area contributed by atoms with E-state index in [-0.39, 0.29) is 23.8 Å². The van der Waals surface area contributed by atoms with Crippen molar-refractivity contribution in [3.8, 4) is 5.75 Å². The topological polar surface area (TPSA) is 98.1 Å². The molecule has 29 heavy (non-hydrogen) atoms. The van der Waals surface area contributed by atoms with Crippen LogP contribution in [0.1, 0.15) is 29.6 Å². The van der Waals surface area contributed by atoms with Crippen LogP contribution in [0.4, 0.5) is 16.3 Å². The SMILES string of the molecule is COc1ccc([C@H]2C[C@@H](c3ccc(F)cc3)n3nc(NS(C)(=O)=O)nc3N2)cc1. The molecule has 3 aromatic rings. The summed E-state index contributed by atoms with van der Waals surface area (Å²) in [4.78, 5) is 4.29. The van der Waals surface area contributed by atoms with Crippen molar-refractivity contribution in [3.05, 3.63) is 65.5 Å². The van der Waals surface area contributed by atoms with Crippen LogP contribution in [0.25, 0.3) is 0 Å². The first-order chi connectivity index (χ1) is 13.8. The summed E-state index contributed by atoms with van der Waals surface area (Å²) in [5.74, 6) is 0.838. The molecule has 0 fully saturated rings. The van der Waals surface area contributed by atoms with E-state index < -0.39 is 10.0 Å². The van der Waals surface area contributed by atoms with E-state index in [1.807, 2.05) is 24.3 Å². The number of hydrogen-bond donors (Lipinski definition) is 2. The molecule has 1 aliphatic heterocycles. The molecule has 2 heterocycles. The van der Waals surface area contributed by atoms with E-state index in [2.05, 4.69) is 20.1 Å². The highest BCUT2D eigenvalue weighted by molar-refractivity contribution is 7.91. The van der Waals surface area contributed by atoms with Crippen LogP contribution in [-0.4, -0.2) is 36.5 Å². The fraction of sp³-hybridized carbons (Fsp3) is 0.263. The molecule has 4 rings (SSSR count). The Labute approximate surface area is 167 Å². The molecule has 0 radical (unpaired) electrons. The second-order valence-corrected chi connectivity index (χ2v) is 8.60. The van der Waals surface area contributed by atoms with Crippen molar-refractivity contribution < 1.29 is 17.5 Å². The van der Waals surface area contributed by atoms with E-state index in [1.165, 1.54) is 12.1 Å². The van der Waals surface area contributed by atoms with E-state index >= 15 is 0 Å². The maximum absolute atomic E-state index is 13.4. The van der Waals surface area contributed by atoms with E-state index in [0.717, 1.165) is 23.1 Å². The Hall–Kier alpha value is -3.14. The van der Waals surface area contributed by atoms with Crippen LogP contribution in [-0.2, 0) is 10.0 Å². The molecule has 0 saturated heterocycles. The Kier molecular flexibility index (Phi) is 4.87. The number of benzene rings is 2. The quantitative estimate of drug-likeness (QED) is 0.662. The molecule has 2 aromatic carbocycles. The summed E-state index contributed by atoms with van der Waals surface area (Å²) in [5, 5.41) is 7.62. The zero-order valence-corrected chi connectivity index (χ0v) is 16.6. The lowest BCUT2D eigenvalue weighted by Gasteiger charge is -2.31. The van der Waals surface area contributed by atoms with Gasteiger partial charge >= 0.3 is 0 Å². The predicted octanol–water partition coefficient (Wildman–Crippen LogP) is 2.94. The standard InChI is InChI=1S/C19H20FN5O3S/c1-28-15-9-5-12(6-10-15)16-11-17(13-3-7-14(20)8-4-13)25-19(21-16)22-18(23-25)24-29(2,26)27/h3-10,16-17H,11H2,1-2H3,(H2,21,22,23,24)/t16-,17+/m1/s1. The summed E-state index contributed by atoms with van der Waals surface area (Å²) < 4.78 is 45.7. The Balaban J connectivity index is 1.73. The summed E-state index contributed by atoms with van der Waals surface area (Å²) in [6.07, 6.45) is 1.66. The van der Waals surface area contributed by atoms with Crippen molar-refractivity contribution in [2.45, 2.75) is 18.5 Å². The average molecular weight is 417 g/mol. The molecule has 0 saturated carbocycles. The van der Waals surface area contributed by atoms with Gasteiger partial charge in [-0.05, 0) is 41.8 Å².